The van der Waals surface area contributed by atoms with E-state index >= 15 is 0 Å². The second kappa shape index (κ2) is 14.9. The third-order valence-corrected chi connectivity index (χ3v) is 5.16. The Hall–Kier alpha value is -4.53. The average molecular weight is 521 g/mol. The van der Waals surface area contributed by atoms with Crippen molar-refractivity contribution < 1.29 is 33.3 Å². The molecule has 0 aromatic heterocycles. The van der Waals surface area contributed by atoms with Gasteiger partial charge in [0.15, 0.2) is 18.1 Å². The van der Waals surface area contributed by atoms with Gasteiger partial charge < -0.3 is 23.7 Å². The maximum Gasteiger partial charge on any atom is 0.343 e. The fourth-order valence-corrected chi connectivity index (χ4v) is 3.17. The first-order valence-electron chi connectivity index (χ1n) is 12.3. The van der Waals surface area contributed by atoms with Gasteiger partial charge in [0.05, 0.1) is 32.1 Å². The summed E-state index contributed by atoms with van der Waals surface area (Å²) in [4.78, 5) is 24.6. The molecule has 0 spiro atoms. The fraction of sp³-hybridized carbons (Fsp3) is 0.276. The van der Waals surface area contributed by atoms with E-state index in [1.54, 1.807) is 73.8 Å². The minimum Gasteiger partial charge on any atom is -0.497 e. The molecule has 38 heavy (non-hydrogen) atoms. The molecule has 9 heteroatoms. The molecular weight excluding hydrogens is 488 g/mol. The van der Waals surface area contributed by atoms with Gasteiger partial charge in [-0.2, -0.15) is 5.10 Å². The molecule has 0 heterocycles. The highest BCUT2D eigenvalue weighted by Crippen LogP contribution is 2.29. The van der Waals surface area contributed by atoms with Gasteiger partial charge >= 0.3 is 5.97 Å². The highest BCUT2D eigenvalue weighted by Gasteiger charge is 2.13. The lowest BCUT2D eigenvalue weighted by atomic mass is 10.2. The minimum absolute atomic E-state index is 0.197. The standard InChI is InChI=1S/C29H32N2O7/c1-4-6-17-36-24-12-14-25(15-13-24)37-20-28(32)31-30-19-21-7-16-26(27(18-21)35-5-2)38-29(33)22-8-10-23(34-3)11-9-22/h7-16,18-19H,4-6,17,20H2,1-3H3,(H,31,32)/b30-19-. The number of carbonyl (C=O) groups excluding carboxylic acids is 2. The van der Waals surface area contributed by atoms with Crippen LogP contribution >= 0.6 is 0 Å². The molecule has 0 radical (unpaired) electrons. The van der Waals surface area contributed by atoms with E-state index in [9.17, 15) is 9.59 Å². The lowest BCUT2D eigenvalue weighted by Gasteiger charge is -2.11. The van der Waals surface area contributed by atoms with Crippen molar-refractivity contribution in [2.75, 3.05) is 26.9 Å². The van der Waals surface area contributed by atoms with Gasteiger partial charge in [-0.25, -0.2) is 10.2 Å². The number of hydrogen-bond donors (Lipinski definition) is 1. The lowest BCUT2D eigenvalue weighted by molar-refractivity contribution is -0.123. The van der Waals surface area contributed by atoms with Gasteiger partial charge in [0, 0.05) is 0 Å². The maximum absolute atomic E-state index is 12.5. The number of esters is 1. The number of benzene rings is 3. The van der Waals surface area contributed by atoms with Crippen LogP contribution in [0.4, 0.5) is 0 Å². The minimum atomic E-state index is -0.527. The summed E-state index contributed by atoms with van der Waals surface area (Å²) >= 11 is 0. The summed E-state index contributed by atoms with van der Waals surface area (Å²) in [5, 5.41) is 3.97. The molecule has 200 valence electrons. The first-order chi connectivity index (χ1) is 18.5. The predicted octanol–water partition coefficient (Wildman–Crippen LogP) is 5.02. The van der Waals surface area contributed by atoms with Crippen LogP contribution in [0.25, 0.3) is 0 Å². The zero-order chi connectivity index (χ0) is 27.2. The summed E-state index contributed by atoms with van der Waals surface area (Å²) in [5.74, 6) is 1.64. The molecule has 0 bridgehead atoms. The van der Waals surface area contributed by atoms with E-state index < -0.39 is 11.9 Å². The van der Waals surface area contributed by atoms with Crippen LogP contribution in [0.5, 0.6) is 28.7 Å². The van der Waals surface area contributed by atoms with Crippen LogP contribution in [-0.2, 0) is 4.79 Å². The van der Waals surface area contributed by atoms with Crippen molar-refractivity contribution in [2.45, 2.75) is 26.7 Å². The molecule has 0 fully saturated rings. The quantitative estimate of drug-likeness (QED) is 0.105. The van der Waals surface area contributed by atoms with Crippen LogP contribution in [-0.4, -0.2) is 45.0 Å². The molecular formula is C29H32N2O7. The van der Waals surface area contributed by atoms with Crippen LogP contribution in [0, 0.1) is 0 Å². The van der Waals surface area contributed by atoms with E-state index in [-0.39, 0.29) is 12.4 Å². The summed E-state index contributed by atoms with van der Waals surface area (Å²) in [5.41, 5.74) is 3.43. The van der Waals surface area contributed by atoms with Gasteiger partial charge in [0.1, 0.15) is 17.2 Å². The van der Waals surface area contributed by atoms with Gasteiger partial charge in [-0.05, 0) is 85.6 Å². The van der Waals surface area contributed by atoms with Gasteiger partial charge in [-0.1, -0.05) is 13.3 Å². The lowest BCUT2D eigenvalue weighted by Crippen LogP contribution is -2.24. The topological polar surface area (TPSA) is 105 Å². The van der Waals surface area contributed by atoms with Crippen molar-refractivity contribution in [2.24, 2.45) is 5.10 Å². The zero-order valence-corrected chi connectivity index (χ0v) is 21.8. The average Bonchev–Trinajstić information content (AvgIpc) is 2.94. The van der Waals surface area contributed by atoms with E-state index in [2.05, 4.69) is 17.5 Å². The number of rotatable bonds is 14. The monoisotopic (exact) mass is 520 g/mol. The summed E-state index contributed by atoms with van der Waals surface area (Å²) < 4.78 is 27.3. The molecule has 9 nitrogen and oxygen atoms in total. The van der Waals surface area contributed by atoms with Gasteiger partial charge in [-0.3, -0.25) is 4.79 Å². The van der Waals surface area contributed by atoms with Crippen molar-refractivity contribution in [1.29, 1.82) is 0 Å². The molecule has 0 aliphatic carbocycles. The van der Waals surface area contributed by atoms with Crippen LogP contribution in [0.2, 0.25) is 0 Å². The smallest absolute Gasteiger partial charge is 0.343 e. The van der Waals surface area contributed by atoms with Crippen LogP contribution in [0.1, 0.15) is 42.6 Å². The molecule has 0 saturated heterocycles. The predicted molar refractivity (Wildman–Crippen MR) is 144 cm³/mol. The Kier molecular flexibility index (Phi) is 11.0. The number of hydrazone groups is 1. The molecule has 3 aromatic carbocycles. The van der Waals surface area contributed by atoms with Gasteiger partial charge in [-0.15, -0.1) is 0 Å². The normalized spacial score (nSPS) is 10.6. The molecule has 0 aliphatic heterocycles. The van der Waals surface area contributed by atoms with E-state index in [0.717, 1.165) is 18.6 Å². The van der Waals surface area contributed by atoms with E-state index in [1.807, 2.05) is 6.92 Å². The molecule has 0 aliphatic rings. The Labute approximate surface area is 222 Å². The van der Waals surface area contributed by atoms with Crippen molar-refractivity contribution in [3.63, 3.8) is 0 Å². The largest absolute Gasteiger partial charge is 0.497 e. The molecule has 0 saturated carbocycles. The first-order valence-corrected chi connectivity index (χ1v) is 12.3. The number of ether oxygens (including phenoxy) is 5. The number of carbonyl (C=O) groups is 2. The second-order valence-electron chi connectivity index (χ2n) is 8.01. The van der Waals surface area contributed by atoms with Crippen LogP contribution in [0.3, 0.4) is 0 Å². The number of amides is 1. The Morgan fingerprint density at radius 1 is 0.842 bits per heavy atom. The summed E-state index contributed by atoms with van der Waals surface area (Å²) in [7, 11) is 1.55. The number of methoxy groups -OCH3 is 1. The van der Waals surface area contributed by atoms with Gasteiger partial charge in [0.25, 0.3) is 5.91 Å². The molecule has 1 amide bonds. The van der Waals surface area contributed by atoms with Crippen molar-refractivity contribution in [3.05, 3.63) is 77.9 Å². The van der Waals surface area contributed by atoms with E-state index in [4.69, 9.17) is 23.7 Å². The molecule has 1 N–H and O–H groups in total. The highest BCUT2D eigenvalue weighted by atomic mass is 16.6. The third kappa shape index (κ3) is 8.85. The van der Waals surface area contributed by atoms with E-state index in [1.165, 1.54) is 6.21 Å². The number of nitrogens with zero attached hydrogens (tertiary/aromatic N) is 1. The van der Waals surface area contributed by atoms with Gasteiger partial charge in [0.2, 0.25) is 0 Å². The van der Waals surface area contributed by atoms with Crippen molar-refractivity contribution in [3.8, 4) is 28.7 Å². The van der Waals surface area contributed by atoms with Crippen molar-refractivity contribution in [1.82, 2.24) is 5.43 Å². The third-order valence-electron chi connectivity index (χ3n) is 5.16. The number of hydrogen-bond acceptors (Lipinski definition) is 8. The second-order valence-corrected chi connectivity index (χ2v) is 8.01. The Balaban J connectivity index is 1.51. The number of unbranched alkanes of at least 4 members (excludes halogenated alkanes) is 1. The Morgan fingerprint density at radius 2 is 1.53 bits per heavy atom. The number of nitrogens with one attached hydrogen (secondary N) is 1. The van der Waals surface area contributed by atoms with Crippen molar-refractivity contribution >= 4 is 18.1 Å². The Bertz CT molecular complexity index is 1210. The summed E-state index contributed by atoms with van der Waals surface area (Å²) in [6.45, 7) is 4.77. The van der Waals surface area contributed by atoms with Crippen LogP contribution < -0.4 is 29.1 Å². The van der Waals surface area contributed by atoms with E-state index in [0.29, 0.717) is 41.6 Å². The fourth-order valence-electron chi connectivity index (χ4n) is 3.17. The van der Waals surface area contributed by atoms with Crippen LogP contribution in [0.15, 0.2) is 71.8 Å². The highest BCUT2D eigenvalue weighted by molar-refractivity contribution is 5.92. The SMILES string of the molecule is CCCCOc1ccc(OCC(=O)N/N=C\c2ccc(OC(=O)c3ccc(OC)cc3)c(OCC)c2)cc1. The summed E-state index contributed by atoms with van der Waals surface area (Å²) in [6.07, 6.45) is 3.52. The molecule has 3 aromatic rings. The zero-order valence-electron chi connectivity index (χ0n) is 21.8. The molecule has 3 rings (SSSR count). The first kappa shape index (κ1) is 28.0. The molecule has 0 atom stereocenters. The molecule has 0 unspecified atom stereocenters. The maximum atomic E-state index is 12.5. The Morgan fingerprint density at radius 3 is 2.18 bits per heavy atom. The summed E-state index contributed by atoms with van der Waals surface area (Å²) in [6, 6.07) is 18.6.